The van der Waals surface area contributed by atoms with Crippen molar-refractivity contribution in [2.24, 2.45) is 0 Å². The molecule has 0 aliphatic rings. The van der Waals surface area contributed by atoms with E-state index >= 15 is 0 Å². The summed E-state index contributed by atoms with van der Waals surface area (Å²) in [4.78, 5) is 11.5. The van der Waals surface area contributed by atoms with Crippen molar-refractivity contribution >= 4 is 51.7 Å². The molecule has 31 heavy (non-hydrogen) atoms. The molecule has 2 heterocycles. The van der Waals surface area contributed by atoms with Crippen LogP contribution in [-0.4, -0.2) is 20.5 Å². The first kappa shape index (κ1) is 20.8. The fraction of sp³-hybridized carbons (Fsp3) is 0.100. The van der Waals surface area contributed by atoms with Crippen molar-refractivity contribution in [1.82, 2.24) is 15.0 Å². The first-order valence-corrected chi connectivity index (χ1v) is 9.84. The van der Waals surface area contributed by atoms with Gasteiger partial charge in [0.05, 0.1) is 17.6 Å². The lowest BCUT2D eigenvalue weighted by Crippen LogP contribution is -2.05. The number of benzene rings is 2. The zero-order valence-electron chi connectivity index (χ0n) is 16.0. The lowest BCUT2D eigenvalue weighted by Gasteiger charge is -2.11. The van der Waals surface area contributed by atoms with Crippen LogP contribution >= 0.6 is 11.9 Å². The third-order valence-electron chi connectivity index (χ3n) is 4.19. The highest BCUT2D eigenvalue weighted by molar-refractivity contribution is 8.01. The molecule has 0 saturated heterocycles. The molecule has 0 bridgehead atoms. The van der Waals surface area contributed by atoms with Crippen LogP contribution in [0.1, 0.15) is 5.69 Å². The molecule has 2 aromatic heterocycles. The molecular formula is C20H16F4N6S. The Morgan fingerprint density at radius 2 is 1.81 bits per heavy atom. The number of hydrogen-bond donors (Lipinski definition) is 4. The molecule has 0 spiro atoms. The van der Waals surface area contributed by atoms with Crippen LogP contribution < -0.4 is 15.4 Å². The predicted molar refractivity (Wildman–Crippen MR) is 115 cm³/mol. The Labute approximate surface area is 178 Å². The second-order valence-corrected chi connectivity index (χ2v) is 7.46. The molecule has 0 aliphatic carbocycles. The molecule has 4 aromatic rings. The number of aromatic nitrogens is 3. The van der Waals surface area contributed by atoms with E-state index in [1.54, 1.807) is 36.4 Å². The van der Waals surface area contributed by atoms with Crippen molar-refractivity contribution in [3.63, 3.8) is 0 Å². The topological polar surface area (TPSA) is 77.7 Å². The summed E-state index contributed by atoms with van der Waals surface area (Å²) in [7, 11) is 0. The second-order valence-electron chi connectivity index (χ2n) is 6.59. The quantitative estimate of drug-likeness (QED) is 0.200. The number of anilines is 5. The van der Waals surface area contributed by atoms with Gasteiger partial charge in [-0.2, -0.15) is 18.2 Å². The van der Waals surface area contributed by atoms with Crippen LogP contribution in [0.5, 0.6) is 0 Å². The molecule has 0 atom stereocenters. The highest BCUT2D eigenvalue weighted by Crippen LogP contribution is 2.32. The normalized spacial score (nSPS) is 11.5. The van der Waals surface area contributed by atoms with Gasteiger partial charge in [-0.3, -0.25) is 0 Å². The van der Waals surface area contributed by atoms with Crippen LogP contribution in [0.25, 0.3) is 10.9 Å². The van der Waals surface area contributed by atoms with E-state index in [-0.39, 0.29) is 29.3 Å². The van der Waals surface area contributed by atoms with Gasteiger partial charge in [-0.15, -0.1) is 0 Å². The van der Waals surface area contributed by atoms with Crippen molar-refractivity contribution in [2.75, 3.05) is 15.4 Å². The standard InChI is InChI=1S/C20H16F4N6S/c1-11-9-14-15(26-11)5-6-16(18(14)21)28-17-7-8-25-19(29-17)27-12-3-2-4-13(10-12)30-31-20(22,23)24/h2-10,26,30H,1H3,(H2,25,27,28,29). The number of hydrogen-bond acceptors (Lipinski definition) is 6. The molecule has 4 N–H and O–H groups in total. The maximum absolute atomic E-state index is 14.8. The number of aryl methyl sites for hydroxylation is 1. The van der Waals surface area contributed by atoms with Gasteiger partial charge in [-0.25, -0.2) is 9.37 Å². The van der Waals surface area contributed by atoms with Crippen molar-refractivity contribution in [1.29, 1.82) is 0 Å². The molecule has 0 fully saturated rings. The minimum atomic E-state index is -4.40. The molecule has 160 valence electrons. The first-order chi connectivity index (χ1) is 14.8. The van der Waals surface area contributed by atoms with E-state index in [1.807, 2.05) is 6.92 Å². The Balaban J connectivity index is 1.50. The summed E-state index contributed by atoms with van der Waals surface area (Å²) in [6, 6.07) is 12.9. The summed E-state index contributed by atoms with van der Waals surface area (Å²) in [5.41, 5.74) is -1.84. The van der Waals surface area contributed by atoms with Gasteiger partial charge in [0.2, 0.25) is 5.95 Å². The van der Waals surface area contributed by atoms with Crippen LogP contribution in [0.2, 0.25) is 0 Å². The zero-order chi connectivity index (χ0) is 22.0. The van der Waals surface area contributed by atoms with Gasteiger partial charge in [0.1, 0.15) is 5.82 Å². The molecule has 2 aromatic carbocycles. The maximum Gasteiger partial charge on any atom is 0.461 e. The van der Waals surface area contributed by atoms with Crippen molar-refractivity contribution in [2.45, 2.75) is 12.4 Å². The van der Waals surface area contributed by atoms with Crippen molar-refractivity contribution in [3.8, 4) is 0 Å². The lowest BCUT2D eigenvalue weighted by molar-refractivity contribution is -0.0323. The smallest absolute Gasteiger partial charge is 0.359 e. The minimum absolute atomic E-state index is 0.199. The number of H-pyrrole nitrogens is 1. The van der Waals surface area contributed by atoms with Crippen molar-refractivity contribution in [3.05, 3.63) is 66.2 Å². The van der Waals surface area contributed by atoms with E-state index < -0.39 is 11.3 Å². The Kier molecular flexibility index (Phi) is 5.59. The lowest BCUT2D eigenvalue weighted by atomic mass is 10.2. The van der Waals surface area contributed by atoms with Gasteiger partial charge in [0.15, 0.2) is 5.82 Å². The molecule has 0 aliphatic heterocycles. The van der Waals surface area contributed by atoms with E-state index in [1.165, 1.54) is 18.3 Å². The minimum Gasteiger partial charge on any atom is -0.359 e. The number of fused-ring (bicyclic) bond motifs is 1. The Hall–Kier alpha value is -3.47. The Morgan fingerprint density at radius 3 is 2.61 bits per heavy atom. The zero-order valence-corrected chi connectivity index (χ0v) is 16.8. The summed E-state index contributed by atoms with van der Waals surface area (Å²) in [5.74, 6) is 0.144. The second kappa shape index (κ2) is 8.34. The summed E-state index contributed by atoms with van der Waals surface area (Å²) in [5, 5.41) is 6.32. The van der Waals surface area contributed by atoms with Crippen LogP contribution in [0.3, 0.4) is 0 Å². The van der Waals surface area contributed by atoms with Crippen molar-refractivity contribution < 1.29 is 17.6 Å². The van der Waals surface area contributed by atoms with Gasteiger partial charge in [0.25, 0.3) is 0 Å². The summed E-state index contributed by atoms with van der Waals surface area (Å²) in [6.45, 7) is 1.85. The van der Waals surface area contributed by atoms with Gasteiger partial charge >= 0.3 is 5.51 Å². The van der Waals surface area contributed by atoms with Crippen LogP contribution in [0.15, 0.2) is 54.7 Å². The van der Waals surface area contributed by atoms with E-state index in [0.717, 1.165) is 5.69 Å². The molecule has 4 rings (SSSR count). The molecule has 11 heteroatoms. The number of rotatable bonds is 6. The summed E-state index contributed by atoms with van der Waals surface area (Å²) < 4.78 is 54.1. The summed E-state index contributed by atoms with van der Waals surface area (Å²) >= 11 is -0.348. The molecule has 0 unspecified atom stereocenters. The summed E-state index contributed by atoms with van der Waals surface area (Å²) in [6.07, 6.45) is 1.48. The highest BCUT2D eigenvalue weighted by atomic mass is 32.2. The maximum atomic E-state index is 14.8. The van der Waals surface area contributed by atoms with Gasteiger partial charge in [-0.05, 0) is 49.4 Å². The van der Waals surface area contributed by atoms with E-state index in [2.05, 4.69) is 30.3 Å². The van der Waals surface area contributed by atoms with E-state index in [9.17, 15) is 17.6 Å². The number of nitrogens with one attached hydrogen (secondary N) is 4. The van der Waals surface area contributed by atoms with Crippen LogP contribution in [-0.2, 0) is 0 Å². The SMILES string of the molecule is Cc1cc2c(F)c(Nc3ccnc(Nc4cccc(NSC(F)(F)F)c4)n3)ccc2[nH]1. The average Bonchev–Trinajstić information content (AvgIpc) is 3.10. The first-order valence-electron chi connectivity index (χ1n) is 9.02. The predicted octanol–water partition coefficient (Wildman–Crippen LogP) is 6.47. The van der Waals surface area contributed by atoms with Gasteiger partial charge in [-0.1, -0.05) is 6.07 Å². The number of halogens is 4. The third-order valence-corrected chi connectivity index (χ3v) is 4.76. The molecule has 6 nitrogen and oxygen atoms in total. The van der Waals surface area contributed by atoms with E-state index in [0.29, 0.717) is 22.4 Å². The Bertz CT molecular complexity index is 1220. The number of alkyl halides is 3. The van der Waals surface area contributed by atoms with Gasteiger partial charge in [0, 0.05) is 34.2 Å². The van der Waals surface area contributed by atoms with E-state index in [4.69, 9.17) is 0 Å². The fourth-order valence-electron chi connectivity index (χ4n) is 2.94. The molecular weight excluding hydrogens is 432 g/mol. The molecule has 0 radical (unpaired) electrons. The average molecular weight is 448 g/mol. The third kappa shape index (κ3) is 5.18. The fourth-order valence-corrected chi connectivity index (χ4v) is 3.30. The largest absolute Gasteiger partial charge is 0.461 e. The van der Waals surface area contributed by atoms with Crippen LogP contribution in [0, 0.1) is 12.7 Å². The highest BCUT2D eigenvalue weighted by Gasteiger charge is 2.28. The number of aromatic amines is 1. The van der Waals surface area contributed by atoms with Crippen LogP contribution in [0.4, 0.5) is 46.4 Å². The Morgan fingerprint density at radius 1 is 1.00 bits per heavy atom. The monoisotopic (exact) mass is 448 g/mol. The van der Waals surface area contributed by atoms with Gasteiger partial charge < -0.3 is 20.3 Å². The number of nitrogens with zero attached hydrogens (tertiary/aromatic N) is 2. The molecule has 0 saturated carbocycles. The molecule has 0 amide bonds.